The lowest BCUT2D eigenvalue weighted by atomic mass is 9.12. The van der Waals surface area contributed by atoms with Gasteiger partial charge in [-0.05, 0) is 33.5 Å². The van der Waals surface area contributed by atoms with E-state index in [1.807, 2.05) is 15.3 Å². The Hall–Kier alpha value is -4.57. The summed E-state index contributed by atoms with van der Waals surface area (Å²) in [6.45, 7) is 3.49. The molecule has 26 heteroatoms. The number of hydrogen-bond acceptors (Lipinski definition) is 0. The fourth-order valence-corrected chi connectivity index (χ4v) is 6.07. The third-order valence-electron chi connectivity index (χ3n) is 8.64. The van der Waals surface area contributed by atoms with Crippen molar-refractivity contribution in [2.24, 2.45) is 0 Å². The molecule has 0 saturated carbocycles. The van der Waals surface area contributed by atoms with Crippen LogP contribution in [-0.4, -0.2) is 12.3 Å². The Labute approximate surface area is 328 Å². The minimum Gasteiger partial charge on any atom is -0.194 e. The van der Waals surface area contributed by atoms with E-state index in [4.69, 9.17) is 0 Å². The quantitative estimate of drug-likeness (QED) is 0.0810. The van der Waals surface area contributed by atoms with Gasteiger partial charge in [-0.25, -0.2) is 0 Å². The Morgan fingerprint density at radius 3 is 0.508 bits per heavy atom. The van der Waals surface area contributed by atoms with Gasteiger partial charge in [-0.3, -0.25) is 0 Å². The summed E-state index contributed by atoms with van der Waals surface area (Å²) in [5.74, 6) is 0. The summed E-state index contributed by atoms with van der Waals surface area (Å²) >= 11 is 0. The van der Waals surface area contributed by atoms with E-state index in [1.165, 1.54) is 0 Å². The highest BCUT2D eigenvalue weighted by Gasteiger charge is 2.47. The normalized spacial score (nSPS) is 13.8. The molecular formula is C35H20BF24P. The molecule has 0 aromatic heterocycles. The van der Waals surface area contributed by atoms with Crippen LogP contribution in [0, 0.1) is 0 Å². The number of benzene rings is 4. The van der Waals surface area contributed by atoms with Gasteiger partial charge < -0.3 is 0 Å². The predicted molar refractivity (Wildman–Crippen MR) is 176 cm³/mol. The highest BCUT2D eigenvalue weighted by Crippen LogP contribution is 2.41. The number of hydrogen-bond donors (Lipinski definition) is 0. The summed E-state index contributed by atoms with van der Waals surface area (Å²) in [7, 11) is 1.90. The summed E-state index contributed by atoms with van der Waals surface area (Å²) < 4.78 is 341. The van der Waals surface area contributed by atoms with Gasteiger partial charge in [-0.1, -0.05) is 61.2 Å². The smallest absolute Gasteiger partial charge is 0.194 e. The Bertz CT molecular complexity index is 1770. The SMILES string of the molecule is C=CC[PH3+].FC(F)(F)c1cc([B-](c2cc(C(F)(F)F)cc(C(F)(F)F)c2)(c2cc(C(F)(F)F)cc(C(F)(F)F)c2)c2cc(C(F)(F)F)cc(C(F)(F)F)c2)cc(C(F)(F)F)c1. The van der Waals surface area contributed by atoms with Gasteiger partial charge in [-0.2, -0.15) is 127 Å². The maximum atomic E-state index is 14.2. The third kappa shape index (κ3) is 11.7. The van der Waals surface area contributed by atoms with Crippen molar-refractivity contribution >= 4 is 37.2 Å². The van der Waals surface area contributed by atoms with Crippen molar-refractivity contribution in [2.75, 3.05) is 6.16 Å². The molecule has 0 saturated heterocycles. The molecule has 4 rings (SSSR count). The fraction of sp³-hybridized carbons (Fsp3) is 0.257. The van der Waals surface area contributed by atoms with Crippen molar-refractivity contribution in [1.29, 1.82) is 0 Å². The van der Waals surface area contributed by atoms with E-state index in [2.05, 4.69) is 6.58 Å². The average Bonchev–Trinajstić information content (AvgIpc) is 3.08. The largest absolute Gasteiger partial charge is 0.416 e. The lowest BCUT2D eigenvalue weighted by Gasteiger charge is -2.46. The number of allylic oxidation sites excluding steroid dienone is 1. The first kappa shape index (κ1) is 50.8. The molecule has 0 fully saturated rings. The van der Waals surface area contributed by atoms with Crippen molar-refractivity contribution < 1.29 is 105 Å². The van der Waals surface area contributed by atoms with Crippen LogP contribution in [-0.2, 0) is 49.4 Å². The molecule has 0 aliphatic rings. The van der Waals surface area contributed by atoms with Gasteiger partial charge in [0.1, 0.15) is 6.15 Å². The van der Waals surface area contributed by atoms with Crippen molar-refractivity contribution in [3.63, 3.8) is 0 Å². The van der Waals surface area contributed by atoms with Crippen LogP contribution < -0.4 is 21.9 Å². The van der Waals surface area contributed by atoms with Crippen molar-refractivity contribution in [3.05, 3.63) is 130 Å². The molecule has 4 aromatic carbocycles. The van der Waals surface area contributed by atoms with Crippen LogP contribution >= 0.6 is 9.24 Å². The molecule has 1 unspecified atom stereocenters. The zero-order chi connectivity index (χ0) is 47.3. The minimum atomic E-state index is -6.13. The summed E-state index contributed by atoms with van der Waals surface area (Å²) in [5, 5.41) is 0. The van der Waals surface area contributed by atoms with Crippen molar-refractivity contribution in [3.8, 4) is 0 Å². The molecule has 0 amide bonds. The maximum Gasteiger partial charge on any atom is 0.416 e. The Balaban J connectivity index is 0.00000237. The maximum absolute atomic E-state index is 14.2. The molecule has 0 nitrogen and oxygen atoms in total. The molecule has 0 aliphatic carbocycles. The van der Waals surface area contributed by atoms with Gasteiger partial charge in [0.15, 0.2) is 0 Å². The van der Waals surface area contributed by atoms with Gasteiger partial charge in [-0.15, -0.1) is 0 Å². The summed E-state index contributed by atoms with van der Waals surface area (Å²) in [6, 6.07) is -8.81. The van der Waals surface area contributed by atoms with E-state index in [-0.39, 0.29) is 0 Å². The van der Waals surface area contributed by atoms with E-state index < -0.39 is 195 Å². The molecular weight excluding hydrogens is 918 g/mol. The molecule has 0 heterocycles. The first-order chi connectivity index (χ1) is 27.2. The minimum absolute atomic E-state index is 0.691. The van der Waals surface area contributed by atoms with E-state index in [0.717, 1.165) is 6.16 Å². The molecule has 0 aliphatic heterocycles. The third-order valence-corrected chi connectivity index (χ3v) is 9.05. The fourth-order valence-electron chi connectivity index (χ4n) is 6.07. The van der Waals surface area contributed by atoms with Gasteiger partial charge in [0.25, 0.3) is 0 Å². The van der Waals surface area contributed by atoms with Crippen LogP contribution in [0.2, 0.25) is 0 Å². The van der Waals surface area contributed by atoms with E-state index in [1.54, 1.807) is 0 Å². The zero-order valence-corrected chi connectivity index (χ0v) is 30.7. The van der Waals surface area contributed by atoms with Gasteiger partial charge >= 0.3 is 49.4 Å². The van der Waals surface area contributed by atoms with E-state index in [9.17, 15) is 105 Å². The Morgan fingerprint density at radius 1 is 0.311 bits per heavy atom. The molecule has 0 radical (unpaired) electrons. The summed E-state index contributed by atoms with van der Waals surface area (Å²) in [5.41, 5.74) is -30.2. The second-order valence-electron chi connectivity index (χ2n) is 12.8. The van der Waals surface area contributed by atoms with E-state index >= 15 is 0 Å². The predicted octanol–water partition coefficient (Wildman–Crippen LogP) is 12.0. The molecule has 0 bridgehead atoms. The number of alkyl halides is 24. The molecule has 0 N–H and O–H groups in total. The van der Waals surface area contributed by atoms with Gasteiger partial charge in [0, 0.05) is 0 Å². The summed E-state index contributed by atoms with van der Waals surface area (Å²) in [6.07, 6.45) is -51.8. The van der Waals surface area contributed by atoms with Crippen LogP contribution in [0.5, 0.6) is 0 Å². The Kier molecular flexibility index (Phi) is 13.8. The summed E-state index contributed by atoms with van der Waals surface area (Å²) in [4.78, 5) is 0. The van der Waals surface area contributed by atoms with Gasteiger partial charge in [0.2, 0.25) is 0 Å². The second kappa shape index (κ2) is 16.6. The molecule has 0 spiro atoms. The Morgan fingerprint density at radius 2 is 0.426 bits per heavy atom. The molecule has 336 valence electrons. The first-order valence-corrected chi connectivity index (χ1v) is 16.9. The highest BCUT2D eigenvalue weighted by atomic mass is 31.0. The zero-order valence-electron chi connectivity index (χ0n) is 29.3. The highest BCUT2D eigenvalue weighted by molar-refractivity contribution is 7.20. The molecule has 1 atom stereocenters. The monoisotopic (exact) mass is 938 g/mol. The van der Waals surface area contributed by atoms with Crippen LogP contribution in [0.1, 0.15) is 44.5 Å². The second-order valence-corrected chi connectivity index (χ2v) is 13.4. The lowest BCUT2D eigenvalue weighted by Crippen LogP contribution is -2.75. The lowest BCUT2D eigenvalue weighted by molar-refractivity contribution is -0.144. The van der Waals surface area contributed by atoms with Crippen LogP contribution in [0.15, 0.2) is 85.5 Å². The first-order valence-electron chi connectivity index (χ1n) is 15.9. The number of rotatable bonds is 5. The van der Waals surface area contributed by atoms with Crippen LogP contribution in [0.4, 0.5) is 105 Å². The molecule has 61 heavy (non-hydrogen) atoms. The molecule has 4 aromatic rings. The van der Waals surface area contributed by atoms with Crippen LogP contribution in [0.25, 0.3) is 0 Å². The van der Waals surface area contributed by atoms with E-state index in [0.29, 0.717) is 0 Å². The topological polar surface area (TPSA) is 0 Å². The standard InChI is InChI=1S/C32H12BF24.C3H7P/c34-25(35,36)13-1-14(26(37,38)39)6-21(5-13)33(22-7-15(27(40,41)42)2-16(8-22)28(43,44)45,23-9-17(29(46,47)48)3-18(10-23)30(49,50)51)24-11-19(31(52,53)54)4-20(12-24)32(55,56)57;1-2-3-4/h1-12H;2H,1,3-4H2/q-1;/p+1. The van der Waals surface area contributed by atoms with Crippen molar-refractivity contribution in [1.82, 2.24) is 0 Å². The van der Waals surface area contributed by atoms with Crippen LogP contribution in [0.3, 0.4) is 0 Å². The number of halogens is 24. The van der Waals surface area contributed by atoms with Gasteiger partial charge in [0.05, 0.1) is 50.7 Å². The average molecular weight is 938 g/mol. The van der Waals surface area contributed by atoms with Crippen molar-refractivity contribution in [2.45, 2.75) is 49.4 Å².